The van der Waals surface area contributed by atoms with Crippen LogP contribution in [-0.2, 0) is 31.4 Å². The van der Waals surface area contributed by atoms with Crippen LogP contribution in [0.4, 0.5) is 0 Å². The van der Waals surface area contributed by atoms with Crippen molar-refractivity contribution in [1.29, 1.82) is 0 Å². The third-order valence-corrected chi connectivity index (χ3v) is 7.42. The van der Waals surface area contributed by atoms with Crippen LogP contribution in [0, 0.1) is 20.8 Å². The third kappa shape index (κ3) is 5.63. The van der Waals surface area contributed by atoms with Crippen LogP contribution in [0.2, 0.25) is 0 Å². The Bertz CT molecular complexity index is 1100. The second-order valence-corrected chi connectivity index (χ2v) is 10.5. The zero-order chi connectivity index (χ0) is 22.0. The molecule has 158 valence electrons. The van der Waals surface area contributed by atoms with Crippen LogP contribution in [0.3, 0.4) is 0 Å². The summed E-state index contributed by atoms with van der Waals surface area (Å²) in [5.41, 5.74) is 2.88. The molecular formula is C19H25N3O5S2. The Hall–Kier alpha value is -2.27. The van der Waals surface area contributed by atoms with Crippen LogP contribution < -0.4 is 10.5 Å². The number of nitrogens with one attached hydrogen (secondary N) is 1. The van der Waals surface area contributed by atoms with Crippen LogP contribution >= 0.6 is 0 Å². The highest BCUT2D eigenvalue weighted by Crippen LogP contribution is 2.24. The number of hydrogen-bond acceptors (Lipinski definition) is 5. The number of sulfonamides is 2. The van der Waals surface area contributed by atoms with Gasteiger partial charge in [-0.1, -0.05) is 29.8 Å². The van der Waals surface area contributed by atoms with E-state index in [9.17, 15) is 21.6 Å². The van der Waals surface area contributed by atoms with Crippen molar-refractivity contribution >= 4 is 26.0 Å². The fourth-order valence-electron chi connectivity index (χ4n) is 3.07. The van der Waals surface area contributed by atoms with Crippen molar-refractivity contribution in [1.82, 2.24) is 9.62 Å². The Morgan fingerprint density at radius 2 is 1.52 bits per heavy atom. The van der Waals surface area contributed by atoms with Gasteiger partial charge in [-0.2, -0.15) is 4.31 Å². The summed E-state index contributed by atoms with van der Waals surface area (Å²) in [6.45, 7) is 5.13. The quantitative estimate of drug-likeness (QED) is 0.670. The average Bonchev–Trinajstić information content (AvgIpc) is 2.58. The molecule has 29 heavy (non-hydrogen) atoms. The average molecular weight is 440 g/mol. The number of benzene rings is 2. The van der Waals surface area contributed by atoms with Gasteiger partial charge >= 0.3 is 0 Å². The molecule has 3 N–H and O–H groups in total. The van der Waals surface area contributed by atoms with Gasteiger partial charge in [0, 0.05) is 13.6 Å². The largest absolute Gasteiger partial charge is 0.351 e. The Kier molecular flexibility index (Phi) is 6.84. The Morgan fingerprint density at radius 3 is 2.00 bits per heavy atom. The van der Waals surface area contributed by atoms with Crippen LogP contribution in [0.15, 0.2) is 46.2 Å². The Morgan fingerprint density at radius 1 is 1.00 bits per heavy atom. The summed E-state index contributed by atoms with van der Waals surface area (Å²) in [6.07, 6.45) is 0. The summed E-state index contributed by atoms with van der Waals surface area (Å²) in [5, 5.41) is 7.67. The van der Waals surface area contributed by atoms with E-state index in [1.165, 1.54) is 31.3 Å². The molecule has 0 aliphatic rings. The van der Waals surface area contributed by atoms with E-state index in [0.717, 1.165) is 9.87 Å². The van der Waals surface area contributed by atoms with E-state index >= 15 is 0 Å². The molecule has 10 heteroatoms. The van der Waals surface area contributed by atoms with Crippen molar-refractivity contribution < 1.29 is 21.6 Å². The minimum Gasteiger partial charge on any atom is -0.351 e. The van der Waals surface area contributed by atoms with E-state index in [-0.39, 0.29) is 22.9 Å². The number of nitrogens with two attached hydrogens (primary N) is 1. The third-order valence-electron chi connectivity index (χ3n) is 4.38. The molecule has 0 unspecified atom stereocenters. The van der Waals surface area contributed by atoms with Gasteiger partial charge < -0.3 is 5.32 Å². The van der Waals surface area contributed by atoms with Gasteiger partial charge in [-0.25, -0.2) is 22.0 Å². The van der Waals surface area contributed by atoms with Crippen LogP contribution in [0.1, 0.15) is 22.3 Å². The highest BCUT2D eigenvalue weighted by Gasteiger charge is 2.26. The molecule has 1 amide bonds. The van der Waals surface area contributed by atoms with Crippen molar-refractivity contribution in [2.75, 3.05) is 13.6 Å². The first-order valence-electron chi connectivity index (χ1n) is 8.75. The highest BCUT2D eigenvalue weighted by atomic mass is 32.2. The van der Waals surface area contributed by atoms with Gasteiger partial charge in [-0.05, 0) is 49.6 Å². The molecule has 0 saturated carbocycles. The lowest BCUT2D eigenvalue weighted by Gasteiger charge is -2.20. The summed E-state index contributed by atoms with van der Waals surface area (Å²) in [7, 11) is -6.25. The van der Waals surface area contributed by atoms with E-state index in [4.69, 9.17) is 5.14 Å². The summed E-state index contributed by atoms with van der Waals surface area (Å²) in [4.78, 5) is 12.4. The van der Waals surface area contributed by atoms with Crippen molar-refractivity contribution in [2.45, 2.75) is 37.1 Å². The number of likely N-dealkylation sites (N-methyl/N-ethyl adjacent to an activating group) is 1. The first-order chi connectivity index (χ1) is 13.3. The molecule has 0 aliphatic heterocycles. The van der Waals surface area contributed by atoms with Crippen LogP contribution in [-0.4, -0.2) is 40.6 Å². The Labute approximate surface area is 171 Å². The maximum Gasteiger partial charge on any atom is 0.243 e. The Balaban J connectivity index is 2.05. The predicted molar refractivity (Wildman–Crippen MR) is 110 cm³/mol. The van der Waals surface area contributed by atoms with Crippen molar-refractivity contribution in [3.63, 3.8) is 0 Å². The van der Waals surface area contributed by atoms with E-state index in [0.29, 0.717) is 16.7 Å². The lowest BCUT2D eigenvalue weighted by molar-refractivity contribution is -0.121. The summed E-state index contributed by atoms with van der Waals surface area (Å²) >= 11 is 0. The minimum absolute atomic E-state index is 0.0257. The maximum absolute atomic E-state index is 12.9. The van der Waals surface area contributed by atoms with Gasteiger partial charge in [0.25, 0.3) is 0 Å². The molecule has 2 aromatic rings. The molecule has 0 atom stereocenters. The number of primary sulfonamides is 1. The SMILES string of the molecule is Cc1cc(C)c(S(=O)(=O)N(C)CC(=O)NCc2ccc(S(N)(=O)=O)cc2)c(C)c1. The van der Waals surface area contributed by atoms with Gasteiger partial charge in [0.1, 0.15) is 0 Å². The first-order valence-corrected chi connectivity index (χ1v) is 11.7. The molecule has 0 fully saturated rings. The monoisotopic (exact) mass is 439 g/mol. The molecule has 2 rings (SSSR count). The van der Waals surface area contributed by atoms with E-state index in [1.807, 2.05) is 6.92 Å². The first kappa shape index (κ1) is 23.0. The smallest absolute Gasteiger partial charge is 0.243 e. The van der Waals surface area contributed by atoms with Crippen molar-refractivity contribution in [2.24, 2.45) is 5.14 Å². The molecule has 0 radical (unpaired) electrons. The number of aryl methyl sites for hydroxylation is 3. The number of carbonyl (C=O) groups is 1. The topological polar surface area (TPSA) is 127 Å². The van der Waals surface area contributed by atoms with Crippen LogP contribution in [0.25, 0.3) is 0 Å². The highest BCUT2D eigenvalue weighted by molar-refractivity contribution is 7.89. The van der Waals surface area contributed by atoms with Crippen LogP contribution in [0.5, 0.6) is 0 Å². The molecule has 0 aromatic heterocycles. The van der Waals surface area contributed by atoms with Crippen molar-refractivity contribution in [3.8, 4) is 0 Å². The molecule has 0 spiro atoms. The zero-order valence-electron chi connectivity index (χ0n) is 16.8. The van der Waals surface area contributed by atoms with Gasteiger partial charge in [0.2, 0.25) is 26.0 Å². The molecule has 0 heterocycles. The van der Waals surface area contributed by atoms with Gasteiger partial charge in [-0.3, -0.25) is 4.79 Å². The standard InChI is InChI=1S/C19H25N3O5S2/c1-13-9-14(2)19(15(3)10-13)29(26,27)22(4)12-18(23)21-11-16-5-7-17(8-6-16)28(20,24)25/h5-10H,11-12H2,1-4H3,(H,21,23)(H2,20,24,25). The lowest BCUT2D eigenvalue weighted by atomic mass is 10.1. The molecule has 0 saturated heterocycles. The number of amides is 1. The minimum atomic E-state index is -3.83. The van der Waals surface area contributed by atoms with Gasteiger partial charge in [0.15, 0.2) is 0 Å². The second-order valence-electron chi connectivity index (χ2n) is 6.95. The summed E-state index contributed by atoms with van der Waals surface area (Å²) < 4.78 is 49.3. The summed E-state index contributed by atoms with van der Waals surface area (Å²) in [6, 6.07) is 9.32. The number of rotatable bonds is 7. The van der Waals surface area contributed by atoms with E-state index in [1.54, 1.807) is 26.0 Å². The number of nitrogens with zero attached hydrogens (tertiary/aromatic N) is 1. The molecule has 8 nitrogen and oxygen atoms in total. The molecular weight excluding hydrogens is 414 g/mol. The van der Waals surface area contributed by atoms with Gasteiger partial charge in [0.05, 0.1) is 16.3 Å². The fourth-order valence-corrected chi connectivity index (χ4v) is 5.12. The molecule has 2 aromatic carbocycles. The number of carbonyl (C=O) groups excluding carboxylic acids is 1. The van der Waals surface area contributed by atoms with E-state index in [2.05, 4.69) is 5.32 Å². The van der Waals surface area contributed by atoms with Crippen molar-refractivity contribution in [3.05, 3.63) is 58.7 Å². The maximum atomic E-state index is 12.9. The number of hydrogen-bond donors (Lipinski definition) is 2. The normalized spacial score (nSPS) is 12.2. The fraction of sp³-hybridized carbons (Fsp3) is 0.316. The second kappa shape index (κ2) is 8.62. The van der Waals surface area contributed by atoms with Gasteiger partial charge in [-0.15, -0.1) is 0 Å². The van der Waals surface area contributed by atoms with E-state index < -0.39 is 26.0 Å². The summed E-state index contributed by atoms with van der Waals surface area (Å²) in [5.74, 6) is -0.478. The predicted octanol–water partition coefficient (Wildman–Crippen LogP) is 1.20. The lowest BCUT2D eigenvalue weighted by Crippen LogP contribution is -2.38. The molecule has 0 bridgehead atoms. The zero-order valence-corrected chi connectivity index (χ0v) is 18.4. The molecule has 0 aliphatic carbocycles.